The molecule has 0 saturated heterocycles. The first-order chi connectivity index (χ1) is 12.7. The maximum absolute atomic E-state index is 12.5. The van der Waals surface area contributed by atoms with Gasteiger partial charge in [0.15, 0.2) is 0 Å². The molecule has 140 valence electrons. The quantitative estimate of drug-likeness (QED) is 0.596. The molecule has 3 aromatic rings. The highest BCUT2D eigenvalue weighted by Crippen LogP contribution is 2.19. The van der Waals surface area contributed by atoms with Crippen molar-refractivity contribution in [3.63, 3.8) is 0 Å². The predicted molar refractivity (Wildman–Crippen MR) is 100 cm³/mol. The van der Waals surface area contributed by atoms with Crippen LogP contribution in [-0.4, -0.2) is 34.5 Å². The van der Waals surface area contributed by atoms with E-state index < -0.39 is 15.9 Å². The number of hydrogen-bond acceptors (Lipinski definition) is 6. The maximum atomic E-state index is 12.5. The molecule has 2 aromatic heterocycles. The van der Waals surface area contributed by atoms with Gasteiger partial charge in [-0.25, -0.2) is 23.1 Å². The van der Waals surface area contributed by atoms with E-state index in [1.807, 2.05) is 0 Å². The third-order valence-electron chi connectivity index (χ3n) is 3.45. The van der Waals surface area contributed by atoms with Gasteiger partial charge in [0.25, 0.3) is 15.9 Å². The third-order valence-corrected chi connectivity index (χ3v) is 5.08. The van der Waals surface area contributed by atoms with Crippen LogP contribution in [0.4, 0.5) is 11.6 Å². The molecule has 0 aliphatic rings. The number of amides is 1. The molecule has 11 heteroatoms. The Morgan fingerprint density at radius 2 is 1.74 bits per heavy atom. The molecular formula is C16H15ClN6O3S. The zero-order valence-corrected chi connectivity index (χ0v) is 15.9. The summed E-state index contributed by atoms with van der Waals surface area (Å²) in [5, 5.41) is 8.93. The number of rotatable bonds is 5. The minimum Gasteiger partial charge on any atom is -0.321 e. The van der Waals surface area contributed by atoms with Crippen LogP contribution in [0.5, 0.6) is 0 Å². The highest BCUT2D eigenvalue weighted by Gasteiger charge is 2.17. The molecular weight excluding hydrogens is 392 g/mol. The zero-order chi connectivity index (χ0) is 19.6. The molecule has 3 N–H and O–H groups in total. The fraction of sp³-hybridized carbons (Fsp3) is 0.125. The Balaban J connectivity index is 1.75. The van der Waals surface area contributed by atoms with Crippen LogP contribution in [0, 0.1) is 13.8 Å². The first kappa shape index (κ1) is 18.8. The average molecular weight is 407 g/mol. The van der Waals surface area contributed by atoms with Crippen LogP contribution in [0.3, 0.4) is 0 Å². The van der Waals surface area contributed by atoms with Gasteiger partial charge in [0.05, 0.1) is 16.1 Å². The van der Waals surface area contributed by atoms with Gasteiger partial charge in [-0.15, -0.1) is 0 Å². The van der Waals surface area contributed by atoms with E-state index >= 15 is 0 Å². The number of carbonyl (C=O) groups excluding carboxylic acids is 1. The Hall–Kier alpha value is -2.98. The molecule has 0 spiro atoms. The summed E-state index contributed by atoms with van der Waals surface area (Å²) in [6.45, 7) is 3.49. The van der Waals surface area contributed by atoms with Gasteiger partial charge < -0.3 is 5.32 Å². The van der Waals surface area contributed by atoms with Crippen LogP contribution in [0.25, 0.3) is 0 Å². The summed E-state index contributed by atoms with van der Waals surface area (Å²) >= 11 is 5.83. The van der Waals surface area contributed by atoms with Crippen molar-refractivity contribution in [2.45, 2.75) is 18.7 Å². The van der Waals surface area contributed by atoms with Gasteiger partial charge in [-0.1, -0.05) is 11.6 Å². The Kier molecular flexibility index (Phi) is 5.10. The van der Waals surface area contributed by atoms with Crippen LogP contribution < -0.4 is 10.0 Å². The van der Waals surface area contributed by atoms with Gasteiger partial charge in [-0.05, 0) is 44.2 Å². The molecule has 0 radical (unpaired) electrons. The average Bonchev–Trinajstić information content (AvgIpc) is 3.00. The minimum absolute atomic E-state index is 0.00114. The summed E-state index contributed by atoms with van der Waals surface area (Å²) in [6, 6.07) is 7.36. The molecule has 1 amide bonds. The van der Waals surface area contributed by atoms with Crippen molar-refractivity contribution >= 4 is 39.2 Å². The predicted octanol–water partition coefficient (Wildman–Crippen LogP) is 2.52. The van der Waals surface area contributed by atoms with Crippen molar-refractivity contribution in [3.05, 3.63) is 58.6 Å². The van der Waals surface area contributed by atoms with Crippen LogP contribution in [0.2, 0.25) is 5.02 Å². The number of aryl methyl sites for hydroxylation is 2. The van der Waals surface area contributed by atoms with E-state index in [9.17, 15) is 13.2 Å². The van der Waals surface area contributed by atoms with Crippen LogP contribution >= 0.6 is 11.6 Å². The van der Waals surface area contributed by atoms with Crippen molar-refractivity contribution in [1.29, 1.82) is 0 Å². The topological polar surface area (TPSA) is 130 Å². The number of anilines is 2. The third kappa shape index (κ3) is 4.41. The number of hydrogen-bond donors (Lipinski definition) is 3. The smallest absolute Gasteiger partial charge is 0.275 e. The lowest BCUT2D eigenvalue weighted by Crippen LogP contribution is -2.16. The summed E-state index contributed by atoms with van der Waals surface area (Å²) < 4.78 is 27.3. The lowest BCUT2D eigenvalue weighted by atomic mass is 10.3. The van der Waals surface area contributed by atoms with Gasteiger partial charge in [0.2, 0.25) is 5.95 Å². The van der Waals surface area contributed by atoms with E-state index in [-0.39, 0.29) is 21.6 Å². The van der Waals surface area contributed by atoms with Gasteiger partial charge in [-0.3, -0.25) is 9.89 Å². The van der Waals surface area contributed by atoms with Gasteiger partial charge in [0, 0.05) is 17.1 Å². The number of H-pyrrole nitrogens is 1. The fourth-order valence-corrected chi connectivity index (χ4v) is 3.41. The number of nitrogens with one attached hydrogen (secondary N) is 3. The van der Waals surface area contributed by atoms with Crippen molar-refractivity contribution in [2.75, 3.05) is 10.0 Å². The van der Waals surface area contributed by atoms with Crippen molar-refractivity contribution in [2.24, 2.45) is 0 Å². The van der Waals surface area contributed by atoms with Crippen molar-refractivity contribution in [1.82, 2.24) is 20.2 Å². The number of aromatic amines is 1. The normalized spacial score (nSPS) is 11.2. The summed E-state index contributed by atoms with van der Waals surface area (Å²) in [6.07, 6.45) is 1.31. The van der Waals surface area contributed by atoms with E-state index in [1.165, 1.54) is 30.5 Å². The lowest BCUT2D eigenvalue weighted by molar-refractivity contribution is 0.102. The molecule has 0 atom stereocenters. The Labute approximate surface area is 160 Å². The van der Waals surface area contributed by atoms with Gasteiger partial charge in [-0.2, -0.15) is 5.10 Å². The lowest BCUT2D eigenvalue weighted by Gasteiger charge is -2.09. The van der Waals surface area contributed by atoms with E-state index in [4.69, 9.17) is 11.6 Å². The number of sulfonamides is 1. The summed E-state index contributed by atoms with van der Waals surface area (Å²) in [4.78, 5) is 20.2. The molecule has 0 fully saturated rings. The van der Waals surface area contributed by atoms with Crippen molar-refractivity contribution in [3.8, 4) is 0 Å². The highest BCUT2D eigenvalue weighted by atomic mass is 35.5. The molecule has 0 saturated carbocycles. The molecule has 27 heavy (non-hydrogen) atoms. The molecule has 2 heterocycles. The van der Waals surface area contributed by atoms with Crippen LogP contribution in [0.15, 0.2) is 41.4 Å². The minimum atomic E-state index is -3.87. The van der Waals surface area contributed by atoms with Crippen molar-refractivity contribution < 1.29 is 13.2 Å². The summed E-state index contributed by atoms with van der Waals surface area (Å²) in [7, 11) is -3.87. The Morgan fingerprint density at radius 1 is 1.11 bits per heavy atom. The number of carbonyl (C=O) groups is 1. The Morgan fingerprint density at radius 3 is 2.30 bits per heavy atom. The summed E-state index contributed by atoms with van der Waals surface area (Å²) in [5.41, 5.74) is 1.81. The molecule has 0 aliphatic heterocycles. The highest BCUT2D eigenvalue weighted by molar-refractivity contribution is 7.92. The SMILES string of the molecule is Cc1cc(C)nc(NS(=O)(=O)c2ccc(NC(=O)c3[nH]ncc3Cl)cc2)n1. The largest absolute Gasteiger partial charge is 0.321 e. The van der Waals surface area contributed by atoms with E-state index in [0.717, 1.165) is 0 Å². The van der Waals surface area contributed by atoms with Crippen LogP contribution in [0.1, 0.15) is 21.9 Å². The van der Waals surface area contributed by atoms with Gasteiger partial charge >= 0.3 is 0 Å². The number of benzene rings is 1. The second kappa shape index (κ2) is 7.33. The molecule has 1 aromatic carbocycles. The van der Waals surface area contributed by atoms with E-state index in [1.54, 1.807) is 19.9 Å². The standard InChI is InChI=1S/C16H15ClN6O3S/c1-9-7-10(2)20-16(19-9)23-27(25,26)12-5-3-11(4-6-12)21-15(24)14-13(17)8-18-22-14/h3-8H,1-2H3,(H,18,22)(H,21,24)(H,19,20,23). The number of nitrogens with zero attached hydrogens (tertiary/aromatic N) is 3. The van der Waals surface area contributed by atoms with E-state index in [2.05, 4.69) is 30.2 Å². The van der Waals surface area contributed by atoms with E-state index in [0.29, 0.717) is 17.1 Å². The molecule has 0 bridgehead atoms. The second-order valence-electron chi connectivity index (χ2n) is 5.65. The monoisotopic (exact) mass is 406 g/mol. The zero-order valence-electron chi connectivity index (χ0n) is 14.3. The maximum Gasteiger partial charge on any atom is 0.275 e. The fourth-order valence-electron chi connectivity index (χ4n) is 2.29. The first-order valence-corrected chi connectivity index (χ1v) is 9.56. The molecule has 9 nitrogen and oxygen atoms in total. The molecule has 0 unspecified atom stereocenters. The number of halogens is 1. The van der Waals surface area contributed by atoms with Crippen LogP contribution in [-0.2, 0) is 10.0 Å². The Bertz CT molecular complexity index is 1080. The first-order valence-electron chi connectivity index (χ1n) is 7.70. The van der Waals surface area contributed by atoms with Gasteiger partial charge in [0.1, 0.15) is 5.69 Å². The molecule has 3 rings (SSSR count). The number of aromatic nitrogens is 4. The molecule has 0 aliphatic carbocycles. The second-order valence-corrected chi connectivity index (χ2v) is 7.74. The summed E-state index contributed by atoms with van der Waals surface area (Å²) in [5.74, 6) is -0.492.